The van der Waals surface area contributed by atoms with Gasteiger partial charge in [0.05, 0.1) is 24.2 Å². The standard InChI is InChI=1S/C17H19N3O/c1-13(17-9-6-10-21-17)18-11-16-12-19-14(2)20(16)15-7-4-3-5-8-15/h3-10,12-13,18H,11H2,1-2H3/t13-/m0/s1. The largest absolute Gasteiger partial charge is 0.468 e. The molecule has 1 N–H and O–H groups in total. The molecule has 1 aromatic carbocycles. The van der Waals surface area contributed by atoms with Gasteiger partial charge < -0.3 is 9.73 Å². The Morgan fingerprint density at radius 1 is 1.19 bits per heavy atom. The summed E-state index contributed by atoms with van der Waals surface area (Å²) in [6.07, 6.45) is 3.62. The third kappa shape index (κ3) is 2.90. The van der Waals surface area contributed by atoms with Crippen LogP contribution in [0.25, 0.3) is 5.69 Å². The quantitative estimate of drug-likeness (QED) is 0.776. The summed E-state index contributed by atoms with van der Waals surface area (Å²) in [7, 11) is 0. The summed E-state index contributed by atoms with van der Waals surface area (Å²) in [6, 6.07) is 14.3. The van der Waals surface area contributed by atoms with Crippen LogP contribution in [0, 0.1) is 6.92 Å². The second kappa shape index (κ2) is 5.97. The molecule has 0 aliphatic carbocycles. The fourth-order valence-corrected chi connectivity index (χ4v) is 2.44. The lowest BCUT2D eigenvalue weighted by Gasteiger charge is -2.14. The van der Waals surface area contributed by atoms with Gasteiger partial charge in [-0.1, -0.05) is 18.2 Å². The Morgan fingerprint density at radius 3 is 2.71 bits per heavy atom. The summed E-state index contributed by atoms with van der Waals surface area (Å²) in [5.74, 6) is 1.93. The van der Waals surface area contributed by atoms with Crippen molar-refractivity contribution in [2.24, 2.45) is 0 Å². The van der Waals surface area contributed by atoms with Gasteiger partial charge in [0.15, 0.2) is 0 Å². The lowest BCUT2D eigenvalue weighted by Crippen LogP contribution is -2.19. The number of furan rings is 1. The molecule has 4 heteroatoms. The van der Waals surface area contributed by atoms with Crippen molar-refractivity contribution < 1.29 is 4.42 Å². The Kier molecular flexibility index (Phi) is 3.88. The highest BCUT2D eigenvalue weighted by Crippen LogP contribution is 2.17. The third-order valence-electron chi connectivity index (χ3n) is 3.58. The Labute approximate surface area is 124 Å². The van der Waals surface area contributed by atoms with E-state index in [0.717, 1.165) is 29.5 Å². The van der Waals surface area contributed by atoms with E-state index in [1.54, 1.807) is 6.26 Å². The van der Waals surface area contributed by atoms with Crippen LogP contribution in [-0.4, -0.2) is 9.55 Å². The van der Waals surface area contributed by atoms with Gasteiger partial charge in [-0.2, -0.15) is 0 Å². The highest BCUT2D eigenvalue weighted by molar-refractivity contribution is 5.35. The monoisotopic (exact) mass is 281 g/mol. The number of imidazole rings is 1. The lowest BCUT2D eigenvalue weighted by atomic mass is 10.2. The number of nitrogens with zero attached hydrogens (tertiary/aromatic N) is 2. The van der Waals surface area contributed by atoms with E-state index in [1.165, 1.54) is 0 Å². The maximum atomic E-state index is 5.42. The van der Waals surface area contributed by atoms with Crippen LogP contribution in [0.3, 0.4) is 0 Å². The average Bonchev–Trinajstić information content (AvgIpc) is 3.15. The number of para-hydroxylation sites is 1. The molecular weight excluding hydrogens is 262 g/mol. The molecule has 0 spiro atoms. The van der Waals surface area contributed by atoms with Crippen LogP contribution in [0.5, 0.6) is 0 Å². The fourth-order valence-electron chi connectivity index (χ4n) is 2.44. The number of aryl methyl sites for hydroxylation is 1. The number of hydrogen-bond donors (Lipinski definition) is 1. The molecule has 0 saturated carbocycles. The second-order valence-corrected chi connectivity index (χ2v) is 5.09. The van der Waals surface area contributed by atoms with Crippen molar-refractivity contribution in [3.63, 3.8) is 0 Å². The first-order valence-electron chi connectivity index (χ1n) is 7.11. The first-order valence-corrected chi connectivity index (χ1v) is 7.11. The minimum absolute atomic E-state index is 0.166. The number of aromatic nitrogens is 2. The molecule has 0 unspecified atom stereocenters. The molecule has 0 radical (unpaired) electrons. The van der Waals surface area contributed by atoms with Crippen LogP contribution >= 0.6 is 0 Å². The number of nitrogens with one attached hydrogen (secondary N) is 1. The smallest absolute Gasteiger partial charge is 0.120 e. The summed E-state index contributed by atoms with van der Waals surface area (Å²) < 4.78 is 7.59. The van der Waals surface area contributed by atoms with E-state index in [0.29, 0.717) is 0 Å². The van der Waals surface area contributed by atoms with Crippen molar-refractivity contribution in [1.82, 2.24) is 14.9 Å². The van der Waals surface area contributed by atoms with Crippen LogP contribution < -0.4 is 5.32 Å². The predicted molar refractivity (Wildman–Crippen MR) is 82.3 cm³/mol. The van der Waals surface area contributed by atoms with Crippen molar-refractivity contribution in [2.75, 3.05) is 0 Å². The molecule has 21 heavy (non-hydrogen) atoms. The van der Waals surface area contributed by atoms with E-state index in [-0.39, 0.29) is 6.04 Å². The molecule has 0 aliphatic heterocycles. The van der Waals surface area contributed by atoms with Gasteiger partial charge in [-0.3, -0.25) is 4.57 Å². The number of hydrogen-bond acceptors (Lipinski definition) is 3. The van der Waals surface area contributed by atoms with Crippen molar-refractivity contribution in [1.29, 1.82) is 0 Å². The van der Waals surface area contributed by atoms with Crippen LogP contribution in [0.4, 0.5) is 0 Å². The van der Waals surface area contributed by atoms with Crippen molar-refractivity contribution >= 4 is 0 Å². The van der Waals surface area contributed by atoms with Gasteiger partial charge in [0.25, 0.3) is 0 Å². The Bertz CT molecular complexity index is 686. The van der Waals surface area contributed by atoms with Gasteiger partial charge in [-0.05, 0) is 38.1 Å². The van der Waals surface area contributed by atoms with Gasteiger partial charge in [0.1, 0.15) is 11.6 Å². The van der Waals surface area contributed by atoms with Crippen LogP contribution in [0.1, 0.15) is 30.2 Å². The zero-order valence-corrected chi connectivity index (χ0v) is 12.3. The molecule has 3 rings (SSSR count). The molecule has 0 amide bonds. The third-order valence-corrected chi connectivity index (χ3v) is 3.58. The number of benzene rings is 1. The van der Waals surface area contributed by atoms with Crippen molar-refractivity contribution in [3.8, 4) is 5.69 Å². The molecule has 108 valence electrons. The van der Waals surface area contributed by atoms with E-state index < -0.39 is 0 Å². The zero-order chi connectivity index (χ0) is 14.7. The Morgan fingerprint density at radius 2 is 2.00 bits per heavy atom. The molecule has 3 aromatic rings. The molecule has 0 aliphatic rings. The first-order chi connectivity index (χ1) is 10.3. The number of rotatable bonds is 5. The average molecular weight is 281 g/mol. The molecule has 2 aromatic heterocycles. The molecule has 2 heterocycles. The van der Waals surface area contributed by atoms with Gasteiger partial charge in [0, 0.05) is 12.2 Å². The Balaban J connectivity index is 1.78. The molecule has 0 bridgehead atoms. The van der Waals surface area contributed by atoms with Crippen LogP contribution in [0.15, 0.2) is 59.3 Å². The normalized spacial score (nSPS) is 12.5. The van der Waals surface area contributed by atoms with Gasteiger partial charge in [0.2, 0.25) is 0 Å². The minimum atomic E-state index is 0.166. The molecule has 0 saturated heterocycles. The maximum absolute atomic E-state index is 5.42. The lowest BCUT2D eigenvalue weighted by molar-refractivity contribution is 0.428. The summed E-state index contributed by atoms with van der Waals surface area (Å²) in [5, 5.41) is 3.47. The van der Waals surface area contributed by atoms with Crippen molar-refractivity contribution in [2.45, 2.75) is 26.4 Å². The molecule has 1 atom stereocenters. The summed E-state index contributed by atoms with van der Waals surface area (Å²) >= 11 is 0. The first kappa shape index (κ1) is 13.6. The predicted octanol–water partition coefficient (Wildman–Crippen LogP) is 3.62. The van der Waals surface area contributed by atoms with E-state index in [1.807, 2.05) is 43.5 Å². The van der Waals surface area contributed by atoms with E-state index in [2.05, 4.69) is 33.9 Å². The van der Waals surface area contributed by atoms with E-state index in [4.69, 9.17) is 4.42 Å². The van der Waals surface area contributed by atoms with Crippen LogP contribution in [-0.2, 0) is 6.54 Å². The molecular formula is C17H19N3O. The summed E-state index contributed by atoms with van der Waals surface area (Å²) in [5.41, 5.74) is 2.27. The maximum Gasteiger partial charge on any atom is 0.120 e. The molecule has 0 fully saturated rings. The topological polar surface area (TPSA) is 43.0 Å². The Hall–Kier alpha value is -2.33. The SMILES string of the molecule is Cc1ncc(CN[C@@H](C)c2ccco2)n1-c1ccccc1. The van der Waals surface area contributed by atoms with Crippen molar-refractivity contribution in [3.05, 3.63) is 72.2 Å². The van der Waals surface area contributed by atoms with Gasteiger partial charge >= 0.3 is 0 Å². The van der Waals surface area contributed by atoms with Crippen LogP contribution in [0.2, 0.25) is 0 Å². The highest BCUT2D eigenvalue weighted by atomic mass is 16.3. The van der Waals surface area contributed by atoms with Gasteiger partial charge in [-0.15, -0.1) is 0 Å². The van der Waals surface area contributed by atoms with E-state index >= 15 is 0 Å². The second-order valence-electron chi connectivity index (χ2n) is 5.09. The summed E-state index contributed by atoms with van der Waals surface area (Å²) in [4.78, 5) is 4.43. The van der Waals surface area contributed by atoms with Gasteiger partial charge in [-0.25, -0.2) is 4.98 Å². The fraction of sp³-hybridized carbons (Fsp3) is 0.235. The van der Waals surface area contributed by atoms with E-state index in [9.17, 15) is 0 Å². The molecule has 4 nitrogen and oxygen atoms in total. The minimum Gasteiger partial charge on any atom is -0.468 e. The summed E-state index contributed by atoms with van der Waals surface area (Å²) in [6.45, 7) is 4.85. The zero-order valence-electron chi connectivity index (χ0n) is 12.3. The highest BCUT2D eigenvalue weighted by Gasteiger charge is 2.11.